The monoisotopic (exact) mass is 203 g/mol. The van der Waals surface area contributed by atoms with Gasteiger partial charge in [0.05, 0.1) is 6.04 Å². The van der Waals surface area contributed by atoms with Gasteiger partial charge in [-0.2, -0.15) is 0 Å². The molecule has 0 aromatic rings. The van der Waals surface area contributed by atoms with Crippen molar-refractivity contribution in [3.63, 3.8) is 0 Å². The highest BCUT2D eigenvalue weighted by Gasteiger charge is 2.18. The maximum absolute atomic E-state index is 12.9. The van der Waals surface area contributed by atoms with E-state index in [2.05, 4.69) is 5.32 Å². The molecular weight excluding hydrogens is 185 g/mol. The number of allylic oxidation sites excluding steroid dienone is 1. The predicted molar refractivity (Wildman–Crippen MR) is 53.7 cm³/mol. The van der Waals surface area contributed by atoms with Crippen molar-refractivity contribution in [1.82, 2.24) is 5.32 Å². The predicted octanol–water partition coefficient (Wildman–Crippen LogP) is 2.77. The van der Waals surface area contributed by atoms with Crippen molar-refractivity contribution < 1.29 is 13.9 Å². The van der Waals surface area contributed by atoms with Gasteiger partial charge in [0.25, 0.3) is 0 Å². The van der Waals surface area contributed by atoms with Gasteiger partial charge in [-0.3, -0.25) is 0 Å². The molecule has 1 atom stereocenters. The average molecular weight is 203 g/mol. The van der Waals surface area contributed by atoms with E-state index in [1.165, 1.54) is 6.08 Å². The summed E-state index contributed by atoms with van der Waals surface area (Å²) in [4.78, 5) is 11.2. The van der Waals surface area contributed by atoms with Crippen LogP contribution < -0.4 is 5.32 Å². The molecule has 0 saturated carbocycles. The minimum Gasteiger partial charge on any atom is -0.444 e. The first-order valence-corrected chi connectivity index (χ1v) is 4.57. The van der Waals surface area contributed by atoms with Crippen LogP contribution in [0.3, 0.4) is 0 Å². The first-order valence-electron chi connectivity index (χ1n) is 4.57. The molecular formula is C10H18FNO2. The molecule has 0 fully saturated rings. The quantitative estimate of drug-likeness (QED) is 0.749. The smallest absolute Gasteiger partial charge is 0.408 e. The van der Waals surface area contributed by atoms with Crippen LogP contribution in [0.25, 0.3) is 0 Å². The Hall–Kier alpha value is -1.06. The largest absolute Gasteiger partial charge is 0.444 e. The lowest BCUT2D eigenvalue weighted by atomic mass is 10.2. The Labute approximate surface area is 84.3 Å². The Kier molecular flexibility index (Phi) is 4.60. The van der Waals surface area contributed by atoms with Crippen LogP contribution in [0.1, 0.15) is 34.6 Å². The number of carbonyl (C=O) groups excluding carboxylic acids is 1. The minimum absolute atomic E-state index is 0.379. The van der Waals surface area contributed by atoms with Crippen molar-refractivity contribution in [3.05, 3.63) is 11.9 Å². The van der Waals surface area contributed by atoms with Crippen LogP contribution in [0.4, 0.5) is 9.18 Å². The number of ether oxygens (including phenoxy) is 1. The molecule has 0 rings (SSSR count). The molecule has 0 heterocycles. The van der Waals surface area contributed by atoms with Gasteiger partial charge < -0.3 is 10.1 Å². The molecule has 0 spiro atoms. The molecule has 4 heteroatoms. The first-order chi connectivity index (χ1) is 6.26. The second kappa shape index (κ2) is 4.98. The van der Waals surface area contributed by atoms with Gasteiger partial charge in [0.2, 0.25) is 0 Å². The molecule has 0 bridgehead atoms. The highest BCUT2D eigenvalue weighted by Crippen LogP contribution is 2.08. The van der Waals surface area contributed by atoms with E-state index in [1.54, 1.807) is 34.6 Å². The number of rotatable bonds is 2. The summed E-state index contributed by atoms with van der Waals surface area (Å²) in [5, 5.41) is 2.38. The molecule has 0 aromatic heterocycles. The maximum Gasteiger partial charge on any atom is 0.408 e. The van der Waals surface area contributed by atoms with Crippen LogP contribution in [0.2, 0.25) is 0 Å². The molecule has 0 unspecified atom stereocenters. The lowest BCUT2D eigenvalue weighted by Crippen LogP contribution is -2.37. The third kappa shape index (κ3) is 5.56. The summed E-state index contributed by atoms with van der Waals surface area (Å²) in [5.74, 6) is -0.379. The Morgan fingerprint density at radius 3 is 2.36 bits per heavy atom. The first kappa shape index (κ1) is 12.9. The van der Waals surface area contributed by atoms with Gasteiger partial charge in [-0.15, -0.1) is 0 Å². The van der Waals surface area contributed by atoms with Gasteiger partial charge in [-0.25, -0.2) is 9.18 Å². The summed E-state index contributed by atoms with van der Waals surface area (Å²) in [5.41, 5.74) is -0.559. The van der Waals surface area contributed by atoms with Crippen LogP contribution in [0.15, 0.2) is 11.9 Å². The molecule has 3 nitrogen and oxygen atoms in total. The number of halogens is 1. The second-order valence-electron chi connectivity index (χ2n) is 4.04. The van der Waals surface area contributed by atoms with Crippen LogP contribution >= 0.6 is 0 Å². The number of hydrogen-bond donors (Lipinski definition) is 1. The van der Waals surface area contributed by atoms with Crippen molar-refractivity contribution in [2.75, 3.05) is 0 Å². The summed E-state index contributed by atoms with van der Waals surface area (Å²) in [6, 6.07) is -0.644. The van der Waals surface area contributed by atoms with Gasteiger partial charge in [0.1, 0.15) is 11.4 Å². The van der Waals surface area contributed by atoms with Crippen LogP contribution in [-0.4, -0.2) is 17.7 Å². The lowest BCUT2D eigenvalue weighted by molar-refractivity contribution is 0.0511. The zero-order valence-electron chi connectivity index (χ0n) is 9.35. The number of carbonyl (C=O) groups is 1. The summed E-state index contributed by atoms with van der Waals surface area (Å²) in [7, 11) is 0. The van der Waals surface area contributed by atoms with Crippen molar-refractivity contribution >= 4 is 6.09 Å². The van der Waals surface area contributed by atoms with Crippen LogP contribution in [0.5, 0.6) is 0 Å². The fourth-order valence-electron chi connectivity index (χ4n) is 0.803. The Morgan fingerprint density at radius 1 is 1.50 bits per heavy atom. The second-order valence-corrected chi connectivity index (χ2v) is 4.04. The van der Waals surface area contributed by atoms with E-state index in [0.717, 1.165) is 0 Å². The highest BCUT2D eigenvalue weighted by atomic mass is 19.1. The topological polar surface area (TPSA) is 38.3 Å². The number of amides is 1. The van der Waals surface area contributed by atoms with E-state index < -0.39 is 17.7 Å². The van der Waals surface area contributed by atoms with E-state index in [4.69, 9.17) is 4.74 Å². The van der Waals surface area contributed by atoms with Gasteiger partial charge in [-0.1, -0.05) is 6.08 Å². The zero-order valence-corrected chi connectivity index (χ0v) is 9.35. The van der Waals surface area contributed by atoms with E-state index >= 15 is 0 Å². The summed E-state index contributed by atoms with van der Waals surface area (Å²) in [6.07, 6.45) is 0.698. The molecule has 0 radical (unpaired) electrons. The molecule has 0 aromatic carbocycles. The summed E-state index contributed by atoms with van der Waals surface area (Å²) >= 11 is 0. The highest BCUT2D eigenvalue weighted by molar-refractivity contribution is 5.68. The van der Waals surface area contributed by atoms with Gasteiger partial charge in [-0.05, 0) is 34.6 Å². The van der Waals surface area contributed by atoms with Crippen molar-refractivity contribution in [3.8, 4) is 0 Å². The molecule has 82 valence electrons. The summed E-state index contributed by atoms with van der Waals surface area (Å²) in [6.45, 7) is 8.39. The fraction of sp³-hybridized carbons (Fsp3) is 0.700. The minimum atomic E-state index is -0.644. The standard InChI is InChI=1S/C10H18FNO2/c1-6-8(11)7(2)12-9(13)14-10(3,4)5/h6-7H,1-5H3,(H,12,13)/t7-/m1/s1. The van der Waals surface area contributed by atoms with Gasteiger partial charge in [0, 0.05) is 0 Å². The van der Waals surface area contributed by atoms with Crippen LogP contribution in [-0.2, 0) is 4.74 Å². The van der Waals surface area contributed by atoms with Crippen molar-refractivity contribution in [1.29, 1.82) is 0 Å². The summed E-state index contributed by atoms with van der Waals surface area (Å²) < 4.78 is 17.9. The van der Waals surface area contributed by atoms with Crippen molar-refractivity contribution in [2.45, 2.75) is 46.3 Å². The molecule has 0 saturated heterocycles. The van der Waals surface area contributed by atoms with E-state index in [0.29, 0.717) is 0 Å². The normalized spacial score (nSPS) is 14.9. The fourth-order valence-corrected chi connectivity index (χ4v) is 0.803. The lowest BCUT2D eigenvalue weighted by Gasteiger charge is -2.21. The third-order valence-corrected chi connectivity index (χ3v) is 1.42. The number of alkyl carbamates (subject to hydrolysis) is 1. The molecule has 0 aliphatic rings. The zero-order chi connectivity index (χ0) is 11.4. The average Bonchev–Trinajstić information content (AvgIpc) is 1.99. The van der Waals surface area contributed by atoms with E-state index in [-0.39, 0.29) is 5.83 Å². The molecule has 0 aliphatic carbocycles. The Bertz CT molecular complexity index is 231. The van der Waals surface area contributed by atoms with Crippen molar-refractivity contribution in [2.24, 2.45) is 0 Å². The molecule has 0 aliphatic heterocycles. The van der Waals surface area contributed by atoms with Gasteiger partial charge >= 0.3 is 6.09 Å². The van der Waals surface area contributed by atoms with E-state index in [1.807, 2.05) is 0 Å². The number of hydrogen-bond acceptors (Lipinski definition) is 2. The maximum atomic E-state index is 12.9. The Balaban J connectivity index is 4.08. The SMILES string of the molecule is CC=C(F)[C@@H](C)NC(=O)OC(C)(C)C. The van der Waals surface area contributed by atoms with E-state index in [9.17, 15) is 9.18 Å². The van der Waals surface area contributed by atoms with Gasteiger partial charge in [0.15, 0.2) is 0 Å². The molecule has 1 N–H and O–H groups in total. The third-order valence-electron chi connectivity index (χ3n) is 1.42. The Morgan fingerprint density at radius 2 is 2.00 bits per heavy atom. The molecule has 1 amide bonds. The number of nitrogens with one attached hydrogen (secondary N) is 1. The molecule has 14 heavy (non-hydrogen) atoms. The van der Waals surface area contributed by atoms with Crippen LogP contribution in [0, 0.1) is 0 Å².